The number of benzene rings is 2. The van der Waals surface area contributed by atoms with Gasteiger partial charge in [0.15, 0.2) is 0 Å². The van der Waals surface area contributed by atoms with Gasteiger partial charge in [0.25, 0.3) is 0 Å². The lowest BCUT2D eigenvalue weighted by molar-refractivity contribution is 0.0697. The number of carboxylic acid groups (broad SMARTS) is 1. The molecule has 2 rings (SSSR count). The molecule has 0 radical (unpaired) electrons. The van der Waals surface area contributed by atoms with Crippen molar-refractivity contribution >= 4 is 5.97 Å². The number of carbonyl (C=O) groups is 1. The second kappa shape index (κ2) is 7.37. The van der Waals surface area contributed by atoms with Crippen molar-refractivity contribution in [1.29, 1.82) is 0 Å². The molecule has 0 saturated carbocycles. The summed E-state index contributed by atoms with van der Waals surface area (Å²) in [5, 5.41) is 9.13. The van der Waals surface area contributed by atoms with E-state index in [4.69, 9.17) is 5.11 Å². The van der Waals surface area contributed by atoms with Gasteiger partial charge in [-0.15, -0.1) is 0 Å². The first-order chi connectivity index (χ1) is 9.22. The number of carboxylic acids is 1. The molecule has 0 amide bonds. The zero-order valence-corrected chi connectivity index (χ0v) is 11.7. The molecule has 2 nitrogen and oxygen atoms in total. The van der Waals surface area contributed by atoms with E-state index in [0.717, 1.165) is 17.5 Å². The third kappa shape index (κ3) is 3.68. The first kappa shape index (κ1) is 15.0. The summed E-state index contributed by atoms with van der Waals surface area (Å²) in [6, 6.07) is 15.1. The predicted molar refractivity (Wildman–Crippen MR) is 79.6 cm³/mol. The quantitative estimate of drug-likeness (QED) is 0.868. The van der Waals surface area contributed by atoms with Gasteiger partial charge in [-0.3, -0.25) is 0 Å². The van der Waals surface area contributed by atoms with Gasteiger partial charge in [0.2, 0.25) is 0 Å². The molecule has 0 aliphatic rings. The van der Waals surface area contributed by atoms with Crippen LogP contribution in [0.5, 0.6) is 0 Å². The van der Waals surface area contributed by atoms with E-state index >= 15 is 0 Å². The Hall–Kier alpha value is -2.09. The molecule has 0 aliphatic carbocycles. The lowest BCUT2D eigenvalue weighted by Crippen LogP contribution is -1.98. The van der Waals surface area contributed by atoms with Crippen LogP contribution in [0.25, 0.3) is 11.1 Å². The Morgan fingerprint density at radius 1 is 1.00 bits per heavy atom. The molecule has 0 aliphatic heterocycles. The third-order valence-corrected chi connectivity index (χ3v) is 2.83. The molecule has 0 saturated heterocycles. The van der Waals surface area contributed by atoms with Crippen LogP contribution in [0.2, 0.25) is 0 Å². The standard InChI is InChI=1S/C15H14O2.C2H6/c1-2-11-7-9-12(10-8-11)13-5-3-4-6-14(13)15(16)17;1-2/h3-10H,2H2,1H3,(H,16,17);1-2H3. The predicted octanol–water partition coefficient (Wildman–Crippen LogP) is 4.64. The summed E-state index contributed by atoms with van der Waals surface area (Å²) in [6.45, 7) is 6.10. The molecular formula is C17H20O2. The van der Waals surface area contributed by atoms with E-state index in [0.29, 0.717) is 5.56 Å². The van der Waals surface area contributed by atoms with E-state index in [1.165, 1.54) is 5.56 Å². The molecule has 2 heteroatoms. The molecule has 0 atom stereocenters. The minimum Gasteiger partial charge on any atom is -0.478 e. The summed E-state index contributed by atoms with van der Waals surface area (Å²) in [5.41, 5.74) is 3.31. The largest absolute Gasteiger partial charge is 0.478 e. The second-order valence-electron chi connectivity index (χ2n) is 3.90. The first-order valence-electron chi connectivity index (χ1n) is 6.64. The molecule has 0 spiro atoms. The monoisotopic (exact) mass is 256 g/mol. The highest BCUT2D eigenvalue weighted by Crippen LogP contribution is 2.24. The van der Waals surface area contributed by atoms with Crippen molar-refractivity contribution < 1.29 is 9.90 Å². The molecular weight excluding hydrogens is 236 g/mol. The van der Waals surface area contributed by atoms with Crippen LogP contribution in [0.15, 0.2) is 48.5 Å². The van der Waals surface area contributed by atoms with Crippen molar-refractivity contribution in [3.05, 3.63) is 59.7 Å². The Morgan fingerprint density at radius 3 is 2.11 bits per heavy atom. The molecule has 2 aromatic carbocycles. The van der Waals surface area contributed by atoms with Gasteiger partial charge in [-0.2, -0.15) is 0 Å². The van der Waals surface area contributed by atoms with E-state index in [1.54, 1.807) is 12.1 Å². The van der Waals surface area contributed by atoms with E-state index in [-0.39, 0.29) is 0 Å². The Kier molecular flexibility index (Phi) is 5.80. The zero-order valence-electron chi connectivity index (χ0n) is 11.7. The van der Waals surface area contributed by atoms with Crippen LogP contribution < -0.4 is 0 Å². The van der Waals surface area contributed by atoms with Crippen molar-refractivity contribution in [3.63, 3.8) is 0 Å². The Labute approximate surface area is 114 Å². The second-order valence-corrected chi connectivity index (χ2v) is 3.90. The number of aromatic carboxylic acids is 1. The van der Waals surface area contributed by atoms with E-state index in [9.17, 15) is 4.79 Å². The summed E-state index contributed by atoms with van der Waals surface area (Å²) in [4.78, 5) is 11.1. The highest BCUT2D eigenvalue weighted by atomic mass is 16.4. The summed E-state index contributed by atoms with van der Waals surface area (Å²) >= 11 is 0. The maximum atomic E-state index is 11.1. The molecule has 100 valence electrons. The minimum absolute atomic E-state index is 0.344. The average Bonchev–Trinajstić information content (AvgIpc) is 2.49. The molecule has 0 aromatic heterocycles. The highest BCUT2D eigenvalue weighted by molar-refractivity contribution is 5.95. The van der Waals surface area contributed by atoms with Crippen molar-refractivity contribution in [2.24, 2.45) is 0 Å². The third-order valence-electron chi connectivity index (χ3n) is 2.83. The fourth-order valence-corrected chi connectivity index (χ4v) is 1.84. The van der Waals surface area contributed by atoms with Crippen LogP contribution in [-0.2, 0) is 6.42 Å². The van der Waals surface area contributed by atoms with Crippen molar-refractivity contribution in [2.45, 2.75) is 27.2 Å². The topological polar surface area (TPSA) is 37.3 Å². The molecule has 0 bridgehead atoms. The lowest BCUT2D eigenvalue weighted by Gasteiger charge is -2.06. The normalized spacial score (nSPS) is 9.42. The van der Waals surface area contributed by atoms with Gasteiger partial charge >= 0.3 is 5.97 Å². The molecule has 19 heavy (non-hydrogen) atoms. The molecule has 0 unspecified atom stereocenters. The van der Waals surface area contributed by atoms with Crippen LogP contribution in [0.3, 0.4) is 0 Å². The average molecular weight is 256 g/mol. The smallest absolute Gasteiger partial charge is 0.336 e. The van der Waals surface area contributed by atoms with E-state index in [2.05, 4.69) is 6.92 Å². The number of hydrogen-bond acceptors (Lipinski definition) is 1. The number of aryl methyl sites for hydroxylation is 1. The van der Waals surface area contributed by atoms with Crippen LogP contribution in [0.1, 0.15) is 36.7 Å². The Balaban J connectivity index is 0.000000861. The van der Waals surface area contributed by atoms with E-state index in [1.807, 2.05) is 50.2 Å². The first-order valence-corrected chi connectivity index (χ1v) is 6.64. The van der Waals surface area contributed by atoms with Crippen LogP contribution >= 0.6 is 0 Å². The number of rotatable bonds is 3. The lowest BCUT2D eigenvalue weighted by atomic mass is 9.98. The maximum absolute atomic E-state index is 11.1. The van der Waals surface area contributed by atoms with Gasteiger partial charge in [-0.05, 0) is 29.2 Å². The maximum Gasteiger partial charge on any atom is 0.336 e. The van der Waals surface area contributed by atoms with Crippen molar-refractivity contribution in [3.8, 4) is 11.1 Å². The van der Waals surface area contributed by atoms with Gasteiger partial charge in [0.05, 0.1) is 5.56 Å². The molecule has 2 aromatic rings. The Bertz CT molecular complexity index is 527. The molecule has 0 heterocycles. The molecule has 1 N–H and O–H groups in total. The van der Waals surface area contributed by atoms with Crippen LogP contribution in [0.4, 0.5) is 0 Å². The van der Waals surface area contributed by atoms with Gasteiger partial charge in [-0.25, -0.2) is 4.79 Å². The fourth-order valence-electron chi connectivity index (χ4n) is 1.84. The summed E-state index contributed by atoms with van der Waals surface area (Å²) in [5.74, 6) is -0.889. The number of hydrogen-bond donors (Lipinski definition) is 1. The van der Waals surface area contributed by atoms with Gasteiger partial charge in [-0.1, -0.05) is 63.2 Å². The summed E-state index contributed by atoms with van der Waals surface area (Å²) in [6.07, 6.45) is 0.987. The SMILES string of the molecule is CC.CCc1ccc(-c2ccccc2C(=O)O)cc1. The van der Waals surface area contributed by atoms with Crippen molar-refractivity contribution in [1.82, 2.24) is 0 Å². The zero-order chi connectivity index (χ0) is 14.3. The van der Waals surface area contributed by atoms with Crippen LogP contribution in [0, 0.1) is 0 Å². The van der Waals surface area contributed by atoms with Gasteiger partial charge in [0, 0.05) is 0 Å². The Morgan fingerprint density at radius 2 is 1.58 bits per heavy atom. The fraction of sp³-hybridized carbons (Fsp3) is 0.235. The minimum atomic E-state index is -0.889. The van der Waals surface area contributed by atoms with Crippen molar-refractivity contribution in [2.75, 3.05) is 0 Å². The summed E-state index contributed by atoms with van der Waals surface area (Å²) in [7, 11) is 0. The highest BCUT2D eigenvalue weighted by Gasteiger charge is 2.10. The van der Waals surface area contributed by atoms with Crippen LogP contribution in [-0.4, -0.2) is 11.1 Å². The van der Waals surface area contributed by atoms with E-state index < -0.39 is 5.97 Å². The van der Waals surface area contributed by atoms with Gasteiger partial charge < -0.3 is 5.11 Å². The molecule has 0 fully saturated rings. The summed E-state index contributed by atoms with van der Waals surface area (Å²) < 4.78 is 0. The van der Waals surface area contributed by atoms with Gasteiger partial charge in [0.1, 0.15) is 0 Å².